The van der Waals surface area contributed by atoms with E-state index in [-0.39, 0.29) is 0 Å². The second-order valence-corrected chi connectivity index (χ2v) is 8.24. The molecule has 2 aromatic rings. The lowest BCUT2D eigenvalue weighted by molar-refractivity contribution is 0.0694. The van der Waals surface area contributed by atoms with Crippen LogP contribution in [0.25, 0.3) is 0 Å². The highest BCUT2D eigenvalue weighted by molar-refractivity contribution is 5.91. The molecule has 0 amide bonds. The third kappa shape index (κ3) is 4.44. The largest absolute Gasteiger partial charge is 0.478 e. The summed E-state index contributed by atoms with van der Waals surface area (Å²) in [4.78, 5) is 12.0. The van der Waals surface area contributed by atoms with Gasteiger partial charge in [0.05, 0.1) is 5.56 Å². The summed E-state index contributed by atoms with van der Waals surface area (Å²) in [6.45, 7) is 9.72. The van der Waals surface area contributed by atoms with Crippen LogP contribution in [0, 0.1) is 26.7 Å². The molecule has 146 valence electrons. The lowest BCUT2D eigenvalue weighted by Crippen LogP contribution is -2.32. The number of hydrogen-bond acceptors (Lipinski definition) is 2. The van der Waals surface area contributed by atoms with E-state index in [2.05, 4.69) is 54.9 Å². The van der Waals surface area contributed by atoms with Gasteiger partial charge in [-0.25, -0.2) is 4.79 Å². The van der Waals surface area contributed by atoms with Gasteiger partial charge in [0.1, 0.15) is 0 Å². The quantitative estimate of drug-likeness (QED) is 0.768. The van der Waals surface area contributed by atoms with Gasteiger partial charge in [-0.15, -0.1) is 0 Å². The van der Waals surface area contributed by atoms with Crippen molar-refractivity contribution in [2.45, 2.75) is 72.5 Å². The molecule has 1 saturated carbocycles. The lowest BCUT2D eigenvalue weighted by Gasteiger charge is -2.27. The Bertz CT molecular complexity index is 814. The van der Waals surface area contributed by atoms with Gasteiger partial charge in [-0.2, -0.15) is 0 Å². The summed E-state index contributed by atoms with van der Waals surface area (Å²) < 4.78 is 2.15. The number of aromatic nitrogens is 1. The van der Waals surface area contributed by atoms with Gasteiger partial charge in [0.25, 0.3) is 0 Å². The van der Waals surface area contributed by atoms with Gasteiger partial charge in [-0.3, -0.25) is 0 Å². The van der Waals surface area contributed by atoms with Crippen molar-refractivity contribution in [2.75, 3.05) is 0 Å². The van der Waals surface area contributed by atoms with E-state index in [4.69, 9.17) is 0 Å². The maximum atomic E-state index is 12.0. The topological polar surface area (TPSA) is 54.3 Å². The molecule has 0 bridgehead atoms. The second kappa shape index (κ2) is 8.30. The molecule has 0 spiro atoms. The van der Waals surface area contributed by atoms with Crippen molar-refractivity contribution in [1.29, 1.82) is 0 Å². The number of carboxylic acids is 1. The van der Waals surface area contributed by atoms with Crippen LogP contribution in [-0.4, -0.2) is 21.7 Å². The van der Waals surface area contributed by atoms with Crippen LogP contribution in [0.15, 0.2) is 24.3 Å². The van der Waals surface area contributed by atoms with Crippen LogP contribution >= 0.6 is 0 Å². The first kappa shape index (κ1) is 19.7. The van der Waals surface area contributed by atoms with E-state index >= 15 is 0 Å². The van der Waals surface area contributed by atoms with Crippen molar-refractivity contribution in [2.24, 2.45) is 5.92 Å². The Morgan fingerprint density at radius 2 is 1.85 bits per heavy atom. The highest BCUT2D eigenvalue weighted by Gasteiger charge is 2.24. The Hall–Kier alpha value is -2.07. The fourth-order valence-corrected chi connectivity index (χ4v) is 4.39. The molecular formula is C23H32N2O2. The summed E-state index contributed by atoms with van der Waals surface area (Å²) in [5, 5.41) is 13.5. The molecule has 4 nitrogen and oxygen atoms in total. The molecule has 2 N–H and O–H groups in total. The van der Waals surface area contributed by atoms with Crippen LogP contribution < -0.4 is 5.32 Å². The Balaban J connectivity index is 1.83. The zero-order valence-corrected chi connectivity index (χ0v) is 17.0. The van der Waals surface area contributed by atoms with Crippen LogP contribution in [0.1, 0.15) is 71.0 Å². The fourth-order valence-electron chi connectivity index (χ4n) is 4.39. The molecule has 0 aliphatic heterocycles. The predicted molar refractivity (Wildman–Crippen MR) is 109 cm³/mol. The van der Waals surface area contributed by atoms with Gasteiger partial charge in [0.2, 0.25) is 0 Å². The molecule has 1 heterocycles. The molecule has 27 heavy (non-hydrogen) atoms. The van der Waals surface area contributed by atoms with Crippen molar-refractivity contribution < 1.29 is 9.90 Å². The van der Waals surface area contributed by atoms with Crippen LogP contribution in [0.2, 0.25) is 0 Å². The molecule has 3 rings (SSSR count). The first-order chi connectivity index (χ1) is 12.9. The highest BCUT2D eigenvalue weighted by Crippen LogP contribution is 2.27. The number of aryl methyl sites for hydroxylation is 1. The number of nitrogens with zero attached hydrogens (tertiary/aromatic N) is 1. The Labute approximate surface area is 162 Å². The number of benzene rings is 1. The Morgan fingerprint density at radius 3 is 2.48 bits per heavy atom. The first-order valence-electron chi connectivity index (χ1n) is 10.1. The Kier molecular flexibility index (Phi) is 6.05. The minimum atomic E-state index is -0.826. The molecule has 1 aliphatic carbocycles. The summed E-state index contributed by atoms with van der Waals surface area (Å²) in [5.74, 6) is -0.00955. The van der Waals surface area contributed by atoms with Crippen molar-refractivity contribution in [3.8, 4) is 0 Å². The maximum Gasteiger partial charge on any atom is 0.337 e. The van der Waals surface area contributed by atoms with Crippen LogP contribution in [0.4, 0.5) is 0 Å². The number of carboxylic acid groups (broad SMARTS) is 1. The van der Waals surface area contributed by atoms with Crippen molar-refractivity contribution >= 4 is 5.97 Å². The molecule has 1 aliphatic rings. The minimum Gasteiger partial charge on any atom is -0.478 e. The standard InChI is InChI=1S/C23H32N2O2/c1-15-8-10-20(11-9-15)24-13-21-17(3)25(18(4)22(21)23(26)27)14-19-7-5-6-16(2)12-19/h5-7,12,15,20,24H,8-11,13-14H2,1-4H3,(H,26,27). The molecule has 0 atom stereocenters. The molecule has 1 aromatic carbocycles. The number of nitrogens with one attached hydrogen (secondary N) is 1. The molecule has 0 radical (unpaired) electrons. The minimum absolute atomic E-state index is 0.469. The van der Waals surface area contributed by atoms with Gasteiger partial charge in [0, 0.05) is 36.1 Å². The average Bonchev–Trinajstić information content (AvgIpc) is 2.85. The third-order valence-corrected chi connectivity index (χ3v) is 6.13. The van der Waals surface area contributed by atoms with Crippen molar-refractivity contribution in [3.63, 3.8) is 0 Å². The first-order valence-corrected chi connectivity index (χ1v) is 10.1. The smallest absolute Gasteiger partial charge is 0.337 e. The predicted octanol–water partition coefficient (Wildman–Crippen LogP) is 4.83. The fraction of sp³-hybridized carbons (Fsp3) is 0.522. The third-order valence-electron chi connectivity index (χ3n) is 6.13. The lowest BCUT2D eigenvalue weighted by atomic mass is 9.87. The molecule has 1 fully saturated rings. The van der Waals surface area contributed by atoms with E-state index in [0.29, 0.717) is 24.7 Å². The molecule has 1 aromatic heterocycles. The van der Waals surface area contributed by atoms with Crippen molar-refractivity contribution in [3.05, 3.63) is 57.9 Å². The number of rotatable bonds is 6. The highest BCUT2D eigenvalue weighted by atomic mass is 16.4. The summed E-state index contributed by atoms with van der Waals surface area (Å²) in [6, 6.07) is 8.92. The second-order valence-electron chi connectivity index (χ2n) is 8.24. The van der Waals surface area contributed by atoms with E-state index in [1.54, 1.807) is 0 Å². The number of aromatic carboxylic acids is 1. The number of hydrogen-bond donors (Lipinski definition) is 2. The zero-order valence-electron chi connectivity index (χ0n) is 17.0. The molecule has 0 unspecified atom stereocenters. The maximum absolute atomic E-state index is 12.0. The van der Waals surface area contributed by atoms with Gasteiger partial charge in [-0.1, -0.05) is 36.8 Å². The molecular weight excluding hydrogens is 336 g/mol. The van der Waals surface area contributed by atoms with Gasteiger partial charge in [-0.05, 0) is 57.9 Å². The van der Waals surface area contributed by atoms with Gasteiger partial charge < -0.3 is 15.0 Å². The molecule has 4 heteroatoms. The van der Waals surface area contributed by atoms with E-state index in [0.717, 1.165) is 22.9 Å². The van der Waals surface area contributed by atoms with Crippen molar-refractivity contribution in [1.82, 2.24) is 9.88 Å². The summed E-state index contributed by atoms with van der Waals surface area (Å²) in [6.07, 6.45) is 4.89. The van der Waals surface area contributed by atoms with Crippen LogP contribution in [-0.2, 0) is 13.1 Å². The number of carbonyl (C=O) groups is 1. The van der Waals surface area contributed by atoms with E-state index < -0.39 is 5.97 Å². The summed E-state index contributed by atoms with van der Waals surface area (Å²) in [5.41, 5.74) is 5.73. The van der Waals surface area contributed by atoms with Crippen LogP contribution in [0.5, 0.6) is 0 Å². The van der Waals surface area contributed by atoms with E-state index in [9.17, 15) is 9.90 Å². The SMILES string of the molecule is Cc1cccc(Cn2c(C)c(CNC3CCC(C)CC3)c(C(=O)O)c2C)c1. The van der Waals surface area contributed by atoms with Gasteiger partial charge >= 0.3 is 5.97 Å². The van der Waals surface area contributed by atoms with Crippen LogP contribution in [0.3, 0.4) is 0 Å². The molecule has 0 saturated heterocycles. The van der Waals surface area contributed by atoms with E-state index in [1.165, 1.54) is 36.8 Å². The normalized spacial score (nSPS) is 20.0. The summed E-state index contributed by atoms with van der Waals surface area (Å²) in [7, 11) is 0. The summed E-state index contributed by atoms with van der Waals surface area (Å²) >= 11 is 0. The van der Waals surface area contributed by atoms with E-state index in [1.807, 2.05) is 6.92 Å². The average molecular weight is 369 g/mol. The Morgan fingerprint density at radius 1 is 1.15 bits per heavy atom. The monoisotopic (exact) mass is 368 g/mol. The zero-order chi connectivity index (χ0) is 19.6. The van der Waals surface area contributed by atoms with Gasteiger partial charge in [0.15, 0.2) is 0 Å².